The molecular formula is C17H17ClN2O3S2. The number of anilines is 1. The summed E-state index contributed by atoms with van der Waals surface area (Å²) in [5.41, 5.74) is 1.46. The van der Waals surface area contributed by atoms with Crippen LogP contribution < -0.4 is 10.0 Å². The molecule has 1 amide bonds. The zero-order chi connectivity index (χ0) is 18.0. The average Bonchev–Trinajstić information content (AvgIpc) is 2.55. The summed E-state index contributed by atoms with van der Waals surface area (Å²) in [5, 5.41) is 3.20. The third-order valence-corrected chi connectivity index (χ3v) is 6.64. The van der Waals surface area contributed by atoms with Gasteiger partial charge in [-0.15, -0.1) is 11.8 Å². The predicted molar refractivity (Wildman–Crippen MR) is 101 cm³/mol. The number of hydrogen-bond donors (Lipinski definition) is 2. The highest BCUT2D eigenvalue weighted by molar-refractivity contribution is 7.99. The van der Waals surface area contributed by atoms with Crippen molar-refractivity contribution in [3.05, 3.63) is 53.1 Å². The SMILES string of the molecule is CC(=O)Nc1ccc(S(=O)(=O)NC2CCSc3ccc(Cl)cc32)cc1. The molecule has 1 aliphatic heterocycles. The molecule has 3 rings (SSSR count). The normalized spacial score (nSPS) is 17.0. The van der Waals surface area contributed by atoms with Crippen LogP contribution in [-0.2, 0) is 14.8 Å². The van der Waals surface area contributed by atoms with Crippen molar-refractivity contribution in [1.82, 2.24) is 4.72 Å². The Balaban J connectivity index is 1.83. The highest BCUT2D eigenvalue weighted by atomic mass is 35.5. The Labute approximate surface area is 156 Å². The Morgan fingerprint density at radius 1 is 1.20 bits per heavy atom. The molecule has 0 bridgehead atoms. The maximum atomic E-state index is 12.7. The second-order valence-electron chi connectivity index (χ2n) is 5.70. The fourth-order valence-electron chi connectivity index (χ4n) is 2.66. The summed E-state index contributed by atoms with van der Waals surface area (Å²) in [5.74, 6) is 0.630. The number of rotatable bonds is 4. The number of hydrogen-bond acceptors (Lipinski definition) is 4. The second kappa shape index (κ2) is 7.37. The van der Waals surface area contributed by atoms with Crippen molar-refractivity contribution >= 4 is 45.0 Å². The number of thioether (sulfide) groups is 1. The lowest BCUT2D eigenvalue weighted by atomic mass is 10.1. The van der Waals surface area contributed by atoms with Crippen LogP contribution in [0.3, 0.4) is 0 Å². The number of carbonyl (C=O) groups excluding carboxylic acids is 1. The molecule has 132 valence electrons. The summed E-state index contributed by atoms with van der Waals surface area (Å²) in [6.45, 7) is 1.40. The number of carbonyl (C=O) groups is 1. The molecule has 8 heteroatoms. The first-order valence-corrected chi connectivity index (χ1v) is 10.5. The number of amides is 1. The Morgan fingerprint density at radius 3 is 2.60 bits per heavy atom. The van der Waals surface area contributed by atoms with Gasteiger partial charge in [0.15, 0.2) is 0 Å². The molecule has 0 aliphatic carbocycles. The third kappa shape index (κ3) is 4.36. The van der Waals surface area contributed by atoms with Crippen molar-refractivity contribution < 1.29 is 13.2 Å². The standard InChI is InChI=1S/C17H17ClN2O3S2/c1-11(21)19-13-3-5-14(6-4-13)25(22,23)20-16-8-9-24-17-7-2-12(18)10-15(16)17/h2-7,10,16,20H,8-9H2,1H3,(H,19,21). The van der Waals surface area contributed by atoms with Crippen LogP contribution in [0, 0.1) is 0 Å². The number of benzene rings is 2. The van der Waals surface area contributed by atoms with Gasteiger partial charge in [0.05, 0.1) is 4.90 Å². The quantitative estimate of drug-likeness (QED) is 0.823. The lowest BCUT2D eigenvalue weighted by Crippen LogP contribution is -2.30. The summed E-state index contributed by atoms with van der Waals surface area (Å²) < 4.78 is 28.1. The van der Waals surface area contributed by atoms with Gasteiger partial charge < -0.3 is 5.32 Å². The number of sulfonamides is 1. The number of halogens is 1. The van der Waals surface area contributed by atoms with Crippen LogP contribution in [0.4, 0.5) is 5.69 Å². The summed E-state index contributed by atoms with van der Waals surface area (Å²) in [6.07, 6.45) is 0.696. The lowest BCUT2D eigenvalue weighted by molar-refractivity contribution is -0.114. The molecule has 0 radical (unpaired) electrons. The van der Waals surface area contributed by atoms with Crippen molar-refractivity contribution in [2.45, 2.75) is 29.2 Å². The Kier molecular flexibility index (Phi) is 5.38. The van der Waals surface area contributed by atoms with Gasteiger partial charge in [-0.3, -0.25) is 4.79 Å². The zero-order valence-electron chi connectivity index (χ0n) is 13.5. The van der Waals surface area contributed by atoms with Gasteiger partial charge in [0.25, 0.3) is 0 Å². The van der Waals surface area contributed by atoms with E-state index < -0.39 is 10.0 Å². The molecular weight excluding hydrogens is 380 g/mol. The van der Waals surface area contributed by atoms with Gasteiger partial charge in [0.2, 0.25) is 15.9 Å². The van der Waals surface area contributed by atoms with Crippen LogP contribution in [-0.4, -0.2) is 20.1 Å². The van der Waals surface area contributed by atoms with E-state index in [0.29, 0.717) is 17.1 Å². The number of nitrogens with one attached hydrogen (secondary N) is 2. The van der Waals surface area contributed by atoms with Gasteiger partial charge in [0, 0.05) is 28.6 Å². The van der Waals surface area contributed by atoms with Crippen LogP contribution >= 0.6 is 23.4 Å². The van der Waals surface area contributed by atoms with E-state index in [2.05, 4.69) is 10.0 Å². The van der Waals surface area contributed by atoms with Gasteiger partial charge in [-0.05, 0) is 60.2 Å². The first-order valence-electron chi connectivity index (χ1n) is 7.67. The monoisotopic (exact) mass is 396 g/mol. The molecule has 25 heavy (non-hydrogen) atoms. The van der Waals surface area contributed by atoms with E-state index in [1.165, 1.54) is 19.1 Å². The largest absolute Gasteiger partial charge is 0.326 e. The van der Waals surface area contributed by atoms with Crippen LogP contribution in [0.15, 0.2) is 52.3 Å². The first-order chi connectivity index (χ1) is 11.8. The molecule has 1 aliphatic rings. The Morgan fingerprint density at radius 2 is 1.92 bits per heavy atom. The topological polar surface area (TPSA) is 75.3 Å². The summed E-state index contributed by atoms with van der Waals surface area (Å²) in [6, 6.07) is 11.3. The maximum absolute atomic E-state index is 12.7. The number of fused-ring (bicyclic) bond motifs is 1. The molecule has 2 aromatic carbocycles. The minimum atomic E-state index is -3.68. The summed E-state index contributed by atoms with van der Waals surface area (Å²) >= 11 is 7.77. The van der Waals surface area contributed by atoms with E-state index in [1.54, 1.807) is 23.9 Å². The Bertz CT molecular complexity index is 899. The van der Waals surface area contributed by atoms with Crippen molar-refractivity contribution in [2.75, 3.05) is 11.1 Å². The van der Waals surface area contributed by atoms with Crippen LogP contribution in [0.1, 0.15) is 24.9 Å². The van der Waals surface area contributed by atoms with Crippen molar-refractivity contribution in [2.24, 2.45) is 0 Å². The van der Waals surface area contributed by atoms with E-state index in [1.807, 2.05) is 18.2 Å². The summed E-state index contributed by atoms with van der Waals surface area (Å²) in [7, 11) is -3.68. The molecule has 5 nitrogen and oxygen atoms in total. The smallest absolute Gasteiger partial charge is 0.241 e. The van der Waals surface area contributed by atoms with E-state index in [-0.39, 0.29) is 16.8 Å². The van der Waals surface area contributed by atoms with Crippen molar-refractivity contribution in [3.8, 4) is 0 Å². The molecule has 0 aromatic heterocycles. The highest BCUT2D eigenvalue weighted by Gasteiger charge is 2.26. The third-order valence-electron chi connectivity index (χ3n) is 3.79. The van der Waals surface area contributed by atoms with Gasteiger partial charge in [0.1, 0.15) is 0 Å². The Hall–Kier alpha value is -1.54. The van der Waals surface area contributed by atoms with Gasteiger partial charge in [-0.1, -0.05) is 11.6 Å². The molecule has 0 spiro atoms. The zero-order valence-corrected chi connectivity index (χ0v) is 15.8. The second-order valence-corrected chi connectivity index (χ2v) is 8.99. The van der Waals surface area contributed by atoms with Gasteiger partial charge >= 0.3 is 0 Å². The first kappa shape index (κ1) is 18.3. The molecule has 0 saturated carbocycles. The average molecular weight is 397 g/mol. The molecule has 2 aromatic rings. The molecule has 0 fully saturated rings. The van der Waals surface area contributed by atoms with E-state index in [9.17, 15) is 13.2 Å². The fourth-order valence-corrected chi connectivity index (χ4v) is 5.20. The fraction of sp³-hybridized carbons (Fsp3) is 0.235. The van der Waals surface area contributed by atoms with E-state index >= 15 is 0 Å². The summed E-state index contributed by atoms with van der Waals surface area (Å²) in [4.78, 5) is 12.2. The molecule has 1 heterocycles. The molecule has 2 N–H and O–H groups in total. The molecule has 1 unspecified atom stereocenters. The predicted octanol–water partition coefficient (Wildman–Crippen LogP) is 3.81. The van der Waals surface area contributed by atoms with Crippen LogP contribution in [0.5, 0.6) is 0 Å². The highest BCUT2D eigenvalue weighted by Crippen LogP contribution is 2.38. The molecule has 0 saturated heterocycles. The lowest BCUT2D eigenvalue weighted by Gasteiger charge is -2.26. The van der Waals surface area contributed by atoms with E-state index in [0.717, 1.165) is 16.2 Å². The van der Waals surface area contributed by atoms with E-state index in [4.69, 9.17) is 11.6 Å². The van der Waals surface area contributed by atoms with Crippen molar-refractivity contribution in [1.29, 1.82) is 0 Å². The van der Waals surface area contributed by atoms with Gasteiger partial charge in [-0.25, -0.2) is 13.1 Å². The minimum absolute atomic E-state index is 0.156. The van der Waals surface area contributed by atoms with Gasteiger partial charge in [-0.2, -0.15) is 0 Å². The minimum Gasteiger partial charge on any atom is -0.326 e. The maximum Gasteiger partial charge on any atom is 0.241 e. The molecule has 1 atom stereocenters. The van der Waals surface area contributed by atoms with Crippen molar-refractivity contribution in [3.63, 3.8) is 0 Å². The van der Waals surface area contributed by atoms with Crippen LogP contribution in [0.2, 0.25) is 5.02 Å². The van der Waals surface area contributed by atoms with Crippen LogP contribution in [0.25, 0.3) is 0 Å².